The first-order chi connectivity index (χ1) is 13.1. The zero-order valence-electron chi connectivity index (χ0n) is 16.5. The fourth-order valence-electron chi connectivity index (χ4n) is 3.27. The Morgan fingerprint density at radius 3 is 2.78 bits per heavy atom. The summed E-state index contributed by atoms with van der Waals surface area (Å²) in [6.45, 7) is 6.84. The van der Waals surface area contributed by atoms with E-state index < -0.39 is 11.9 Å². The first kappa shape index (κ1) is 21.6. The normalized spacial score (nSPS) is 17.7. The minimum Gasteiger partial charge on any atom is -0.386 e. The molecule has 1 heterocycles. The lowest BCUT2D eigenvalue weighted by molar-refractivity contribution is 0.155. The van der Waals surface area contributed by atoms with Crippen LogP contribution in [0.3, 0.4) is 0 Å². The van der Waals surface area contributed by atoms with E-state index in [4.69, 9.17) is 4.74 Å². The van der Waals surface area contributed by atoms with Crippen LogP contribution in [0.2, 0.25) is 0 Å². The number of aliphatic hydroxyl groups excluding tert-OH is 1. The van der Waals surface area contributed by atoms with Gasteiger partial charge in [-0.2, -0.15) is 0 Å². The molecule has 7 heteroatoms. The van der Waals surface area contributed by atoms with Gasteiger partial charge >= 0.3 is 0 Å². The minimum absolute atomic E-state index is 0.117. The molecule has 0 aliphatic carbocycles. The highest BCUT2D eigenvalue weighted by molar-refractivity contribution is 5.80. The van der Waals surface area contributed by atoms with Gasteiger partial charge in [-0.1, -0.05) is 18.2 Å². The molecule has 1 aliphatic rings. The molecule has 0 aromatic heterocycles. The lowest BCUT2D eigenvalue weighted by Crippen LogP contribution is -2.49. The van der Waals surface area contributed by atoms with Crippen molar-refractivity contribution in [2.24, 2.45) is 4.99 Å². The molecular weight excluding hydrogens is 347 g/mol. The van der Waals surface area contributed by atoms with Crippen LogP contribution in [0.1, 0.15) is 37.9 Å². The molecule has 27 heavy (non-hydrogen) atoms. The van der Waals surface area contributed by atoms with Gasteiger partial charge in [-0.3, -0.25) is 4.99 Å². The smallest absolute Gasteiger partial charge is 0.191 e. The lowest BCUT2D eigenvalue weighted by atomic mass is 10.1. The Morgan fingerprint density at radius 2 is 2.11 bits per heavy atom. The summed E-state index contributed by atoms with van der Waals surface area (Å²) in [5.41, 5.74) is 0.279. The number of benzene rings is 1. The standard InChI is InChI=1S/C20H33FN4O2/c1-3-22-20(23-15-19(26)17-7-4-5-8-18(17)21)24-16-9-12-25(13-10-16)11-6-14-27-2/h4-5,7-8,16,19,26H,3,6,9-15H2,1-2H3,(H2,22,23,24). The van der Waals surface area contributed by atoms with Gasteiger partial charge in [0.15, 0.2) is 5.96 Å². The molecule has 1 fully saturated rings. The van der Waals surface area contributed by atoms with Crippen LogP contribution >= 0.6 is 0 Å². The van der Waals surface area contributed by atoms with Crippen molar-refractivity contribution in [3.8, 4) is 0 Å². The maximum atomic E-state index is 13.8. The number of halogens is 1. The summed E-state index contributed by atoms with van der Waals surface area (Å²) in [5.74, 6) is 0.268. The topological polar surface area (TPSA) is 69.1 Å². The number of nitrogens with zero attached hydrogens (tertiary/aromatic N) is 2. The van der Waals surface area contributed by atoms with E-state index in [1.807, 2.05) is 6.92 Å². The number of guanidine groups is 1. The first-order valence-electron chi connectivity index (χ1n) is 9.82. The molecule has 1 aromatic rings. The fourth-order valence-corrected chi connectivity index (χ4v) is 3.27. The molecule has 3 N–H and O–H groups in total. The quantitative estimate of drug-likeness (QED) is 0.347. The van der Waals surface area contributed by atoms with Gasteiger partial charge in [-0.05, 0) is 32.3 Å². The first-order valence-corrected chi connectivity index (χ1v) is 9.82. The molecule has 0 bridgehead atoms. The van der Waals surface area contributed by atoms with E-state index in [1.165, 1.54) is 6.07 Å². The van der Waals surface area contributed by atoms with Crippen LogP contribution < -0.4 is 10.6 Å². The number of piperidine rings is 1. The molecule has 2 rings (SSSR count). The third-order valence-electron chi connectivity index (χ3n) is 4.78. The molecule has 1 unspecified atom stereocenters. The van der Waals surface area contributed by atoms with Crippen molar-refractivity contribution in [3.63, 3.8) is 0 Å². The van der Waals surface area contributed by atoms with Crippen molar-refractivity contribution in [2.45, 2.75) is 38.3 Å². The highest BCUT2D eigenvalue weighted by Crippen LogP contribution is 2.17. The van der Waals surface area contributed by atoms with E-state index in [-0.39, 0.29) is 12.1 Å². The van der Waals surface area contributed by atoms with E-state index in [1.54, 1.807) is 25.3 Å². The summed E-state index contributed by atoms with van der Waals surface area (Å²) < 4.78 is 18.9. The Labute approximate surface area is 161 Å². The summed E-state index contributed by atoms with van der Waals surface area (Å²) in [4.78, 5) is 6.91. The predicted octanol–water partition coefficient (Wildman–Crippen LogP) is 1.92. The highest BCUT2D eigenvalue weighted by atomic mass is 19.1. The number of nitrogens with one attached hydrogen (secondary N) is 2. The molecule has 1 aliphatic heterocycles. The summed E-state index contributed by atoms with van der Waals surface area (Å²) in [5, 5.41) is 16.9. The third-order valence-corrected chi connectivity index (χ3v) is 4.78. The van der Waals surface area contributed by atoms with Gasteiger partial charge in [-0.25, -0.2) is 4.39 Å². The highest BCUT2D eigenvalue weighted by Gasteiger charge is 2.20. The van der Waals surface area contributed by atoms with Crippen molar-refractivity contribution < 1.29 is 14.2 Å². The predicted molar refractivity (Wildman–Crippen MR) is 106 cm³/mol. The zero-order chi connectivity index (χ0) is 19.5. The maximum absolute atomic E-state index is 13.8. The van der Waals surface area contributed by atoms with Crippen molar-refractivity contribution in [1.82, 2.24) is 15.5 Å². The lowest BCUT2D eigenvalue weighted by Gasteiger charge is -2.33. The second kappa shape index (κ2) is 11.9. The molecule has 0 saturated carbocycles. The van der Waals surface area contributed by atoms with Crippen LogP contribution in [0.4, 0.5) is 4.39 Å². The molecule has 0 amide bonds. The molecule has 1 saturated heterocycles. The Balaban J connectivity index is 1.83. The zero-order valence-corrected chi connectivity index (χ0v) is 16.5. The third kappa shape index (κ3) is 7.44. The molecule has 0 spiro atoms. The SMILES string of the molecule is CCNC(=NCC(O)c1ccccc1F)NC1CCN(CCCOC)CC1. The number of methoxy groups -OCH3 is 1. The number of hydrogen-bond donors (Lipinski definition) is 3. The van der Waals surface area contributed by atoms with Gasteiger partial charge < -0.3 is 25.4 Å². The van der Waals surface area contributed by atoms with E-state index >= 15 is 0 Å². The summed E-state index contributed by atoms with van der Waals surface area (Å²) in [7, 11) is 1.74. The Hall–Kier alpha value is -1.70. The van der Waals surface area contributed by atoms with Gasteiger partial charge in [0.05, 0.1) is 6.54 Å². The summed E-state index contributed by atoms with van der Waals surface area (Å²) in [6, 6.07) is 6.63. The number of ether oxygens (including phenoxy) is 1. The van der Waals surface area contributed by atoms with E-state index in [9.17, 15) is 9.50 Å². The van der Waals surface area contributed by atoms with Gasteiger partial charge in [0, 0.05) is 51.5 Å². The molecule has 152 valence electrons. The second-order valence-electron chi connectivity index (χ2n) is 6.86. The van der Waals surface area contributed by atoms with Crippen molar-refractivity contribution in [1.29, 1.82) is 0 Å². The van der Waals surface area contributed by atoms with Crippen LogP contribution in [0.5, 0.6) is 0 Å². The molecule has 6 nitrogen and oxygen atoms in total. The second-order valence-corrected chi connectivity index (χ2v) is 6.86. The van der Waals surface area contributed by atoms with Gasteiger partial charge in [0.2, 0.25) is 0 Å². The van der Waals surface area contributed by atoms with Crippen LogP contribution in [-0.4, -0.2) is 68.4 Å². The molecule has 1 atom stereocenters. The fraction of sp³-hybridized carbons (Fsp3) is 0.650. The van der Waals surface area contributed by atoms with E-state index in [2.05, 4.69) is 20.5 Å². The van der Waals surface area contributed by atoms with Crippen LogP contribution in [-0.2, 0) is 4.74 Å². The van der Waals surface area contributed by atoms with Gasteiger partial charge in [0.25, 0.3) is 0 Å². The van der Waals surface area contributed by atoms with E-state index in [0.717, 1.165) is 52.0 Å². The molecule has 1 aromatic carbocycles. The van der Waals surface area contributed by atoms with Crippen LogP contribution in [0.25, 0.3) is 0 Å². The summed E-state index contributed by atoms with van der Waals surface area (Å²) in [6.07, 6.45) is 2.21. The van der Waals surface area contributed by atoms with E-state index in [0.29, 0.717) is 12.0 Å². The van der Waals surface area contributed by atoms with Crippen molar-refractivity contribution >= 4 is 5.96 Å². The summed E-state index contributed by atoms with van der Waals surface area (Å²) >= 11 is 0. The van der Waals surface area contributed by atoms with Crippen LogP contribution in [0, 0.1) is 5.82 Å². The van der Waals surface area contributed by atoms with Gasteiger partial charge in [0.1, 0.15) is 11.9 Å². The largest absolute Gasteiger partial charge is 0.386 e. The number of rotatable bonds is 9. The monoisotopic (exact) mass is 380 g/mol. The molecular formula is C20H33FN4O2. The average molecular weight is 381 g/mol. The average Bonchev–Trinajstić information content (AvgIpc) is 2.68. The minimum atomic E-state index is -0.954. The Morgan fingerprint density at radius 1 is 1.37 bits per heavy atom. The Kier molecular flexibility index (Phi) is 9.52. The van der Waals surface area contributed by atoms with Crippen LogP contribution in [0.15, 0.2) is 29.3 Å². The number of aliphatic hydroxyl groups is 1. The molecule has 0 radical (unpaired) electrons. The number of hydrogen-bond acceptors (Lipinski definition) is 4. The van der Waals surface area contributed by atoms with Crippen molar-refractivity contribution in [2.75, 3.05) is 46.4 Å². The van der Waals surface area contributed by atoms with Crippen molar-refractivity contribution in [3.05, 3.63) is 35.6 Å². The Bertz CT molecular complexity index is 577. The number of aliphatic imine (C=N–C) groups is 1. The maximum Gasteiger partial charge on any atom is 0.191 e. The number of likely N-dealkylation sites (tertiary alicyclic amines) is 1. The van der Waals surface area contributed by atoms with Gasteiger partial charge in [-0.15, -0.1) is 0 Å².